The first-order valence-corrected chi connectivity index (χ1v) is 10.6. The van der Waals surface area contributed by atoms with Gasteiger partial charge in [0.05, 0.1) is 12.7 Å². The second-order valence-corrected chi connectivity index (χ2v) is 8.11. The summed E-state index contributed by atoms with van der Waals surface area (Å²) in [4.78, 5) is 27.1. The topological polar surface area (TPSA) is 77.1 Å². The quantitative estimate of drug-likeness (QED) is 0.674. The number of amides is 2. The van der Waals surface area contributed by atoms with Crippen LogP contribution >= 0.6 is 0 Å². The first-order valence-electron chi connectivity index (χ1n) is 10.6. The van der Waals surface area contributed by atoms with Crippen molar-refractivity contribution in [1.29, 1.82) is 0 Å². The SMILES string of the molecule is COc1ccc2ccc3c(c2c1)OC1(CCN(C(=O)OCc2ccccc2)CC1)NC3=O. The van der Waals surface area contributed by atoms with Gasteiger partial charge in [0, 0.05) is 31.3 Å². The molecule has 0 radical (unpaired) electrons. The predicted molar refractivity (Wildman–Crippen MR) is 119 cm³/mol. The normalized spacial score (nSPS) is 16.8. The van der Waals surface area contributed by atoms with Crippen molar-refractivity contribution < 1.29 is 23.8 Å². The van der Waals surface area contributed by atoms with Crippen molar-refractivity contribution in [2.24, 2.45) is 0 Å². The zero-order chi connectivity index (χ0) is 22.1. The fourth-order valence-corrected chi connectivity index (χ4v) is 4.27. The standard InChI is InChI=1S/C25H24N2O5/c1-30-19-9-7-18-8-10-20-22(21(18)15-19)32-25(26-23(20)28)11-13-27(14-12-25)24(29)31-16-17-5-3-2-4-6-17/h2-10,15H,11-14,16H2,1H3,(H,26,28). The number of rotatable bonds is 3. The molecule has 0 aromatic heterocycles. The van der Waals surface area contributed by atoms with Gasteiger partial charge in [-0.05, 0) is 29.1 Å². The second kappa shape index (κ2) is 8.07. The number of piperidine rings is 1. The molecule has 5 rings (SSSR count). The molecule has 7 nitrogen and oxygen atoms in total. The lowest BCUT2D eigenvalue weighted by Crippen LogP contribution is -2.61. The van der Waals surface area contributed by atoms with E-state index in [0.29, 0.717) is 43.0 Å². The zero-order valence-corrected chi connectivity index (χ0v) is 17.8. The van der Waals surface area contributed by atoms with E-state index in [-0.39, 0.29) is 18.6 Å². The third-order valence-corrected chi connectivity index (χ3v) is 6.10. The molecule has 7 heteroatoms. The second-order valence-electron chi connectivity index (χ2n) is 8.11. The molecule has 0 atom stereocenters. The largest absolute Gasteiger partial charge is 0.497 e. The molecule has 0 aliphatic carbocycles. The third-order valence-electron chi connectivity index (χ3n) is 6.10. The Balaban J connectivity index is 1.31. The van der Waals surface area contributed by atoms with Crippen LogP contribution in [-0.2, 0) is 11.3 Å². The van der Waals surface area contributed by atoms with Gasteiger partial charge < -0.3 is 24.4 Å². The van der Waals surface area contributed by atoms with E-state index in [1.807, 2.05) is 54.6 Å². The third kappa shape index (κ3) is 3.70. The maximum atomic E-state index is 12.9. The van der Waals surface area contributed by atoms with Crippen LogP contribution in [0.2, 0.25) is 0 Å². The number of nitrogens with zero attached hydrogens (tertiary/aromatic N) is 1. The monoisotopic (exact) mass is 432 g/mol. The molecule has 1 spiro atoms. The van der Waals surface area contributed by atoms with E-state index in [1.165, 1.54) is 0 Å². The van der Waals surface area contributed by atoms with Crippen molar-refractivity contribution in [3.05, 3.63) is 71.8 Å². The van der Waals surface area contributed by atoms with Gasteiger partial charge >= 0.3 is 6.09 Å². The number of ether oxygens (including phenoxy) is 3. The van der Waals surface area contributed by atoms with Gasteiger partial charge in [0.1, 0.15) is 18.1 Å². The lowest BCUT2D eigenvalue weighted by Gasteiger charge is -2.44. The van der Waals surface area contributed by atoms with Crippen molar-refractivity contribution >= 4 is 22.8 Å². The van der Waals surface area contributed by atoms with E-state index < -0.39 is 5.72 Å². The fourth-order valence-electron chi connectivity index (χ4n) is 4.27. The van der Waals surface area contributed by atoms with Crippen LogP contribution < -0.4 is 14.8 Å². The van der Waals surface area contributed by atoms with Crippen LogP contribution in [0.1, 0.15) is 28.8 Å². The van der Waals surface area contributed by atoms with E-state index in [0.717, 1.165) is 16.3 Å². The summed E-state index contributed by atoms with van der Waals surface area (Å²) in [7, 11) is 1.61. The number of hydrogen-bond acceptors (Lipinski definition) is 5. The van der Waals surface area contributed by atoms with Crippen LogP contribution in [0, 0.1) is 0 Å². The summed E-state index contributed by atoms with van der Waals surface area (Å²) in [6.45, 7) is 1.09. The number of nitrogens with one attached hydrogen (secondary N) is 1. The minimum absolute atomic E-state index is 0.170. The first-order chi connectivity index (χ1) is 15.6. The molecule has 3 aromatic carbocycles. The van der Waals surface area contributed by atoms with E-state index >= 15 is 0 Å². The van der Waals surface area contributed by atoms with Gasteiger partial charge in [0.15, 0.2) is 5.72 Å². The van der Waals surface area contributed by atoms with Crippen LogP contribution in [0.15, 0.2) is 60.7 Å². The van der Waals surface area contributed by atoms with Crippen molar-refractivity contribution in [2.75, 3.05) is 20.2 Å². The van der Waals surface area contributed by atoms with Gasteiger partial charge in [0.25, 0.3) is 5.91 Å². The van der Waals surface area contributed by atoms with E-state index in [2.05, 4.69) is 5.32 Å². The molecular weight excluding hydrogens is 408 g/mol. The summed E-state index contributed by atoms with van der Waals surface area (Å²) >= 11 is 0. The summed E-state index contributed by atoms with van der Waals surface area (Å²) in [5.74, 6) is 1.09. The molecule has 1 fully saturated rings. The minimum Gasteiger partial charge on any atom is -0.497 e. The van der Waals surface area contributed by atoms with Crippen molar-refractivity contribution in [3.63, 3.8) is 0 Å². The first kappa shape index (κ1) is 20.2. The number of fused-ring (bicyclic) bond motifs is 3. The predicted octanol–water partition coefficient (Wildman–Crippen LogP) is 4.10. The van der Waals surface area contributed by atoms with Gasteiger partial charge in [-0.3, -0.25) is 4.79 Å². The highest BCUT2D eigenvalue weighted by molar-refractivity contribution is 6.05. The smallest absolute Gasteiger partial charge is 0.410 e. The van der Waals surface area contributed by atoms with Gasteiger partial charge in [-0.2, -0.15) is 0 Å². The van der Waals surface area contributed by atoms with Gasteiger partial charge in [-0.15, -0.1) is 0 Å². The number of carbonyl (C=O) groups is 2. The molecule has 3 aromatic rings. The molecular formula is C25H24N2O5. The molecule has 2 aliphatic heterocycles. The zero-order valence-electron chi connectivity index (χ0n) is 17.8. The number of carbonyl (C=O) groups excluding carboxylic acids is 2. The fraction of sp³-hybridized carbons (Fsp3) is 0.280. The van der Waals surface area contributed by atoms with Crippen molar-refractivity contribution in [2.45, 2.75) is 25.2 Å². The Labute approximate surface area is 185 Å². The van der Waals surface area contributed by atoms with Crippen LogP contribution in [-0.4, -0.2) is 42.8 Å². The maximum Gasteiger partial charge on any atom is 0.410 e. The average molecular weight is 432 g/mol. The molecule has 0 unspecified atom stereocenters. The molecule has 2 heterocycles. The molecule has 32 heavy (non-hydrogen) atoms. The Morgan fingerprint density at radius 1 is 1.09 bits per heavy atom. The molecule has 0 saturated carbocycles. The minimum atomic E-state index is -0.850. The highest BCUT2D eigenvalue weighted by Gasteiger charge is 2.44. The highest BCUT2D eigenvalue weighted by Crippen LogP contribution is 2.39. The Bertz CT molecular complexity index is 1170. The Morgan fingerprint density at radius 2 is 1.84 bits per heavy atom. The van der Waals surface area contributed by atoms with Crippen LogP contribution in [0.5, 0.6) is 11.5 Å². The summed E-state index contributed by atoms with van der Waals surface area (Å²) in [5, 5.41) is 4.83. The summed E-state index contributed by atoms with van der Waals surface area (Å²) in [6.07, 6.45) is 0.583. The van der Waals surface area contributed by atoms with Crippen molar-refractivity contribution in [3.8, 4) is 11.5 Å². The van der Waals surface area contributed by atoms with E-state index in [4.69, 9.17) is 14.2 Å². The van der Waals surface area contributed by atoms with Gasteiger partial charge in [0.2, 0.25) is 0 Å². The van der Waals surface area contributed by atoms with Gasteiger partial charge in [-0.1, -0.05) is 42.5 Å². The molecule has 2 amide bonds. The number of likely N-dealkylation sites (tertiary alicyclic amines) is 1. The lowest BCUT2D eigenvalue weighted by atomic mass is 9.95. The maximum absolute atomic E-state index is 12.9. The van der Waals surface area contributed by atoms with E-state index in [1.54, 1.807) is 18.1 Å². The summed E-state index contributed by atoms with van der Waals surface area (Å²) < 4.78 is 17.2. The summed E-state index contributed by atoms with van der Waals surface area (Å²) in [5.41, 5.74) is 0.592. The molecule has 2 aliphatic rings. The molecule has 164 valence electrons. The Morgan fingerprint density at radius 3 is 2.59 bits per heavy atom. The number of benzene rings is 3. The lowest BCUT2D eigenvalue weighted by molar-refractivity contribution is -0.0272. The highest BCUT2D eigenvalue weighted by atomic mass is 16.6. The Kier molecular flexibility index (Phi) is 5.09. The number of methoxy groups -OCH3 is 1. The van der Waals surface area contributed by atoms with Crippen LogP contribution in [0.25, 0.3) is 10.8 Å². The van der Waals surface area contributed by atoms with Crippen LogP contribution in [0.4, 0.5) is 4.79 Å². The van der Waals surface area contributed by atoms with Crippen molar-refractivity contribution in [1.82, 2.24) is 10.2 Å². The summed E-state index contributed by atoms with van der Waals surface area (Å²) in [6, 6.07) is 19.0. The van der Waals surface area contributed by atoms with E-state index in [9.17, 15) is 9.59 Å². The molecule has 1 N–H and O–H groups in total. The average Bonchev–Trinajstić information content (AvgIpc) is 2.83. The molecule has 0 bridgehead atoms. The Hall–Kier alpha value is -3.74. The van der Waals surface area contributed by atoms with Gasteiger partial charge in [-0.25, -0.2) is 4.79 Å². The number of hydrogen-bond donors (Lipinski definition) is 1. The van der Waals surface area contributed by atoms with Crippen LogP contribution in [0.3, 0.4) is 0 Å². The molecule has 1 saturated heterocycles.